The molecule has 0 spiro atoms. The van der Waals surface area contributed by atoms with Gasteiger partial charge in [0, 0.05) is 51.9 Å². The number of allylic oxidation sites excluding steroid dienone is 4. The van der Waals surface area contributed by atoms with Crippen molar-refractivity contribution in [2.75, 3.05) is 13.2 Å². The number of hydrogen-bond acceptors (Lipinski definition) is 5. The SMILES string of the molecule is C#CCOc1ccc(Cl)cc1C1C2=C(CC(C)(C)CC2=O)N(CC(=O)O)C2=C1C(=O)CC(C)(C)C2. The highest BCUT2D eigenvalue weighted by Crippen LogP contribution is 2.55. The number of benzene rings is 1. The van der Waals surface area contributed by atoms with Crippen molar-refractivity contribution in [1.29, 1.82) is 0 Å². The van der Waals surface area contributed by atoms with E-state index in [4.69, 9.17) is 22.8 Å². The van der Waals surface area contributed by atoms with Crippen molar-refractivity contribution in [3.05, 3.63) is 51.3 Å². The van der Waals surface area contributed by atoms with Crippen molar-refractivity contribution in [2.24, 2.45) is 10.8 Å². The van der Waals surface area contributed by atoms with Crippen LogP contribution in [-0.4, -0.2) is 40.7 Å². The average molecular weight is 496 g/mol. The summed E-state index contributed by atoms with van der Waals surface area (Å²) in [6, 6.07) is 5.10. The molecule has 0 saturated carbocycles. The lowest BCUT2D eigenvalue weighted by Crippen LogP contribution is -2.45. The number of carbonyl (C=O) groups excluding carboxylic acids is 2. The number of aliphatic carboxylic acids is 1. The highest BCUT2D eigenvalue weighted by atomic mass is 35.5. The number of nitrogens with zero attached hydrogens (tertiary/aromatic N) is 1. The molecule has 35 heavy (non-hydrogen) atoms. The van der Waals surface area contributed by atoms with Gasteiger partial charge in [0.1, 0.15) is 18.9 Å². The number of carbonyl (C=O) groups is 3. The molecule has 6 nitrogen and oxygen atoms in total. The highest BCUT2D eigenvalue weighted by Gasteiger charge is 2.49. The molecule has 0 saturated heterocycles. The summed E-state index contributed by atoms with van der Waals surface area (Å²) in [6.07, 6.45) is 7.06. The van der Waals surface area contributed by atoms with Crippen molar-refractivity contribution < 1.29 is 24.2 Å². The molecule has 1 heterocycles. The minimum atomic E-state index is -1.02. The van der Waals surface area contributed by atoms with Gasteiger partial charge in [0.15, 0.2) is 11.6 Å². The number of carboxylic acids is 1. The van der Waals surface area contributed by atoms with Gasteiger partial charge >= 0.3 is 5.97 Å². The van der Waals surface area contributed by atoms with Crippen LogP contribution in [0.5, 0.6) is 5.75 Å². The minimum Gasteiger partial charge on any atom is -0.481 e. The Hall–Kier alpha value is -3.04. The Bertz CT molecular complexity index is 1180. The second-order valence-electron chi connectivity index (χ2n) is 11.2. The van der Waals surface area contributed by atoms with Gasteiger partial charge in [0.25, 0.3) is 0 Å². The Labute approximate surface area is 211 Å². The molecule has 1 aromatic carbocycles. The summed E-state index contributed by atoms with van der Waals surface area (Å²) < 4.78 is 5.83. The van der Waals surface area contributed by atoms with Gasteiger partial charge in [-0.2, -0.15) is 0 Å². The summed E-state index contributed by atoms with van der Waals surface area (Å²) in [4.78, 5) is 41.1. The van der Waals surface area contributed by atoms with E-state index in [0.717, 1.165) is 0 Å². The van der Waals surface area contributed by atoms with Crippen LogP contribution in [0.15, 0.2) is 40.7 Å². The summed E-state index contributed by atoms with van der Waals surface area (Å²) in [5, 5.41) is 10.2. The topological polar surface area (TPSA) is 83.9 Å². The zero-order valence-electron chi connectivity index (χ0n) is 20.5. The summed E-state index contributed by atoms with van der Waals surface area (Å²) >= 11 is 6.40. The van der Waals surface area contributed by atoms with E-state index < -0.39 is 11.9 Å². The zero-order valence-corrected chi connectivity index (χ0v) is 21.3. The van der Waals surface area contributed by atoms with Crippen LogP contribution in [0, 0.1) is 23.2 Å². The van der Waals surface area contributed by atoms with Gasteiger partial charge < -0.3 is 14.7 Å². The number of halogens is 1. The number of carboxylic acid groups (broad SMARTS) is 1. The van der Waals surface area contributed by atoms with E-state index in [2.05, 4.69) is 5.92 Å². The van der Waals surface area contributed by atoms with E-state index in [1.165, 1.54) is 0 Å². The van der Waals surface area contributed by atoms with Crippen molar-refractivity contribution in [3.8, 4) is 18.1 Å². The normalized spacial score (nSPS) is 21.4. The molecule has 3 aliphatic rings. The second kappa shape index (κ2) is 8.87. The van der Waals surface area contributed by atoms with E-state index >= 15 is 0 Å². The maximum atomic E-state index is 13.7. The Kier molecular flexibility index (Phi) is 6.36. The van der Waals surface area contributed by atoms with Crippen LogP contribution in [0.2, 0.25) is 5.02 Å². The largest absolute Gasteiger partial charge is 0.481 e. The van der Waals surface area contributed by atoms with Crippen LogP contribution in [0.25, 0.3) is 0 Å². The van der Waals surface area contributed by atoms with Gasteiger partial charge in [0.2, 0.25) is 0 Å². The summed E-state index contributed by atoms with van der Waals surface area (Å²) in [5.74, 6) is 1.01. The van der Waals surface area contributed by atoms with E-state index in [9.17, 15) is 19.5 Å². The molecule has 184 valence electrons. The third kappa shape index (κ3) is 4.75. The van der Waals surface area contributed by atoms with Crippen molar-refractivity contribution >= 4 is 29.1 Å². The first kappa shape index (κ1) is 25.1. The third-order valence-corrected chi connectivity index (χ3v) is 7.14. The first-order valence-electron chi connectivity index (χ1n) is 11.7. The van der Waals surface area contributed by atoms with Crippen LogP contribution >= 0.6 is 11.6 Å². The monoisotopic (exact) mass is 495 g/mol. The molecule has 4 rings (SSSR count). The van der Waals surface area contributed by atoms with Crippen molar-refractivity contribution in [1.82, 2.24) is 4.90 Å². The summed E-state index contributed by atoms with van der Waals surface area (Å²) in [7, 11) is 0. The van der Waals surface area contributed by atoms with Crippen molar-refractivity contribution in [2.45, 2.75) is 59.3 Å². The molecule has 0 radical (unpaired) electrons. The number of ether oxygens (including phenoxy) is 1. The van der Waals surface area contributed by atoms with E-state index in [-0.39, 0.29) is 35.5 Å². The first-order chi connectivity index (χ1) is 16.3. The number of Topliss-reactive ketones (excluding diaryl/α,β-unsaturated/α-hetero) is 2. The van der Waals surface area contributed by atoms with Crippen LogP contribution < -0.4 is 4.74 Å². The average Bonchev–Trinajstić information content (AvgIpc) is 2.72. The molecule has 7 heteroatoms. The lowest BCUT2D eigenvalue weighted by atomic mass is 9.63. The summed E-state index contributed by atoms with van der Waals surface area (Å²) in [6.45, 7) is 7.72. The second-order valence-corrected chi connectivity index (χ2v) is 11.6. The predicted molar refractivity (Wildman–Crippen MR) is 133 cm³/mol. The lowest BCUT2D eigenvalue weighted by molar-refractivity contribution is -0.138. The quantitative estimate of drug-likeness (QED) is 0.570. The van der Waals surface area contributed by atoms with Crippen LogP contribution in [0.4, 0.5) is 0 Å². The number of rotatable bonds is 5. The molecular weight excluding hydrogens is 466 g/mol. The summed E-state index contributed by atoms with van der Waals surface area (Å²) in [5.41, 5.74) is 2.18. The fourth-order valence-corrected chi connectivity index (χ4v) is 5.86. The fraction of sp³-hybridized carbons (Fsp3) is 0.464. The van der Waals surface area contributed by atoms with Crippen LogP contribution in [-0.2, 0) is 14.4 Å². The fourth-order valence-electron chi connectivity index (χ4n) is 5.68. The molecule has 0 unspecified atom stereocenters. The number of terminal acetylenes is 1. The third-order valence-electron chi connectivity index (χ3n) is 6.91. The molecule has 2 aliphatic carbocycles. The Balaban J connectivity index is 2.04. The van der Waals surface area contributed by atoms with Gasteiger partial charge in [-0.05, 0) is 41.9 Å². The molecule has 1 aromatic rings. The van der Waals surface area contributed by atoms with Gasteiger partial charge in [0.05, 0.1) is 0 Å². The zero-order chi connectivity index (χ0) is 25.7. The predicted octanol–water partition coefficient (Wildman–Crippen LogP) is 5.12. The number of hydrogen-bond donors (Lipinski definition) is 1. The Morgan fingerprint density at radius 2 is 1.63 bits per heavy atom. The maximum Gasteiger partial charge on any atom is 0.323 e. The van der Waals surface area contributed by atoms with Gasteiger partial charge in [-0.1, -0.05) is 45.2 Å². The molecular formula is C28H30ClNO5. The van der Waals surface area contributed by atoms with Crippen molar-refractivity contribution in [3.63, 3.8) is 0 Å². The molecule has 0 amide bonds. The van der Waals surface area contributed by atoms with Crippen LogP contribution in [0.1, 0.15) is 64.9 Å². The number of ketones is 2. The highest BCUT2D eigenvalue weighted by molar-refractivity contribution is 6.30. The van der Waals surface area contributed by atoms with Gasteiger partial charge in [-0.15, -0.1) is 6.42 Å². The molecule has 1 N–H and O–H groups in total. The molecule has 1 aliphatic heterocycles. The standard InChI is InChI=1S/C28H30ClNO5/c1-6-9-35-22-8-7-16(29)10-17(22)24-25-18(11-27(2,3)13-20(25)31)30(15-23(33)34)19-12-28(4,5)14-21(32)26(19)24/h1,7-8,10,24H,9,11-15H2,2-5H3,(H,33,34). The lowest BCUT2D eigenvalue weighted by Gasteiger charge is -2.48. The molecule has 0 aromatic heterocycles. The van der Waals surface area contributed by atoms with E-state index in [0.29, 0.717) is 64.6 Å². The van der Waals surface area contributed by atoms with Gasteiger partial charge in [-0.25, -0.2) is 0 Å². The van der Waals surface area contributed by atoms with Gasteiger partial charge in [-0.3, -0.25) is 14.4 Å². The maximum absolute atomic E-state index is 13.7. The Morgan fingerprint density at radius 1 is 1.09 bits per heavy atom. The minimum absolute atomic E-state index is 0.0201. The Morgan fingerprint density at radius 3 is 2.11 bits per heavy atom. The van der Waals surface area contributed by atoms with E-state index in [1.807, 2.05) is 27.7 Å². The first-order valence-corrected chi connectivity index (χ1v) is 12.1. The molecule has 0 fully saturated rings. The van der Waals surface area contributed by atoms with Crippen LogP contribution in [0.3, 0.4) is 0 Å². The molecule has 0 bridgehead atoms. The molecule has 0 atom stereocenters. The van der Waals surface area contributed by atoms with E-state index in [1.54, 1.807) is 23.1 Å². The smallest absolute Gasteiger partial charge is 0.323 e.